The molecule has 6 nitrogen and oxygen atoms in total. The molecule has 22 heavy (non-hydrogen) atoms. The molecule has 1 aliphatic heterocycles. The first-order chi connectivity index (χ1) is 10.7. The van der Waals surface area contributed by atoms with Gasteiger partial charge in [-0.25, -0.2) is 4.98 Å². The fraction of sp³-hybridized carbons (Fsp3) is 0.625. The van der Waals surface area contributed by atoms with Crippen LogP contribution in [0.1, 0.15) is 12.0 Å². The summed E-state index contributed by atoms with van der Waals surface area (Å²) < 4.78 is 5.26. The third kappa shape index (κ3) is 4.10. The zero-order valence-corrected chi connectivity index (χ0v) is 14.0. The Morgan fingerprint density at radius 1 is 1.55 bits per heavy atom. The average molecular weight is 305 g/mol. The predicted octanol–water partition coefficient (Wildman–Crippen LogP) is 1.19. The second kappa shape index (κ2) is 7.98. The predicted molar refractivity (Wildman–Crippen MR) is 90.3 cm³/mol. The van der Waals surface area contributed by atoms with Gasteiger partial charge in [0, 0.05) is 65.6 Å². The van der Waals surface area contributed by atoms with Crippen LogP contribution in [0.25, 0.3) is 0 Å². The molecule has 2 heterocycles. The lowest BCUT2D eigenvalue weighted by Crippen LogP contribution is -2.40. The number of aliphatic imine (C=N–C) groups is 1. The van der Waals surface area contributed by atoms with Crippen molar-refractivity contribution in [2.75, 3.05) is 52.8 Å². The van der Waals surface area contributed by atoms with Crippen LogP contribution in [0.5, 0.6) is 0 Å². The van der Waals surface area contributed by atoms with Crippen LogP contribution in [-0.4, -0.2) is 63.8 Å². The van der Waals surface area contributed by atoms with E-state index in [9.17, 15) is 0 Å². The smallest absolute Gasteiger partial charge is 0.193 e. The Labute approximate surface area is 133 Å². The van der Waals surface area contributed by atoms with Crippen LogP contribution in [0.4, 0.5) is 5.82 Å². The van der Waals surface area contributed by atoms with Crippen molar-refractivity contribution < 1.29 is 4.74 Å². The standard InChI is InChI=1S/C16H27N5O/c1-17-16(21-9-7-13(11-21)12-22-4)19-10-14-6-5-8-18-15(14)20(2)3/h5-6,8,13H,7,9-12H2,1-4H3,(H,17,19). The van der Waals surface area contributed by atoms with Crippen molar-refractivity contribution in [3.63, 3.8) is 0 Å². The first kappa shape index (κ1) is 16.5. The van der Waals surface area contributed by atoms with E-state index in [-0.39, 0.29) is 0 Å². The number of methoxy groups -OCH3 is 1. The van der Waals surface area contributed by atoms with Gasteiger partial charge in [-0.15, -0.1) is 0 Å². The Morgan fingerprint density at radius 2 is 2.36 bits per heavy atom. The van der Waals surface area contributed by atoms with Crippen LogP contribution >= 0.6 is 0 Å². The molecule has 1 aromatic heterocycles. The monoisotopic (exact) mass is 305 g/mol. The molecule has 6 heteroatoms. The molecule has 0 aromatic carbocycles. The van der Waals surface area contributed by atoms with E-state index >= 15 is 0 Å². The Balaban J connectivity index is 1.95. The van der Waals surface area contributed by atoms with Gasteiger partial charge < -0.3 is 19.9 Å². The molecule has 0 spiro atoms. The number of hydrogen-bond acceptors (Lipinski definition) is 4. The molecule has 1 fully saturated rings. The maximum atomic E-state index is 5.26. The highest BCUT2D eigenvalue weighted by atomic mass is 16.5. The number of ether oxygens (including phenoxy) is 1. The molecule has 122 valence electrons. The van der Waals surface area contributed by atoms with Gasteiger partial charge in [0.1, 0.15) is 5.82 Å². The molecular weight excluding hydrogens is 278 g/mol. The number of nitrogens with one attached hydrogen (secondary N) is 1. The van der Waals surface area contributed by atoms with Gasteiger partial charge in [0.2, 0.25) is 0 Å². The number of guanidine groups is 1. The number of aromatic nitrogens is 1. The summed E-state index contributed by atoms with van der Waals surface area (Å²) in [5.41, 5.74) is 1.17. The number of nitrogens with zero attached hydrogens (tertiary/aromatic N) is 4. The van der Waals surface area contributed by atoms with E-state index in [0.717, 1.165) is 44.4 Å². The minimum atomic E-state index is 0.597. The molecule has 1 saturated heterocycles. The minimum Gasteiger partial charge on any atom is -0.384 e. The molecule has 0 bridgehead atoms. The van der Waals surface area contributed by atoms with Crippen LogP contribution in [0.15, 0.2) is 23.3 Å². The zero-order valence-electron chi connectivity index (χ0n) is 14.0. The summed E-state index contributed by atoms with van der Waals surface area (Å²) in [5, 5.41) is 3.45. The topological polar surface area (TPSA) is 53.0 Å². The highest BCUT2D eigenvalue weighted by Gasteiger charge is 2.24. The lowest BCUT2D eigenvalue weighted by atomic mass is 10.1. The van der Waals surface area contributed by atoms with Crippen LogP contribution in [0.3, 0.4) is 0 Å². The molecule has 1 aliphatic rings. The lowest BCUT2D eigenvalue weighted by Gasteiger charge is -2.23. The Hall–Kier alpha value is -1.82. The number of likely N-dealkylation sites (tertiary alicyclic amines) is 1. The normalized spacial score (nSPS) is 18.6. The summed E-state index contributed by atoms with van der Waals surface area (Å²) in [7, 11) is 7.62. The van der Waals surface area contributed by atoms with Crippen LogP contribution in [0, 0.1) is 5.92 Å². The van der Waals surface area contributed by atoms with Crippen molar-refractivity contribution in [1.82, 2.24) is 15.2 Å². The van der Waals surface area contributed by atoms with E-state index in [0.29, 0.717) is 5.92 Å². The van der Waals surface area contributed by atoms with Crippen LogP contribution in [0.2, 0.25) is 0 Å². The van der Waals surface area contributed by atoms with Crippen molar-refractivity contribution in [2.24, 2.45) is 10.9 Å². The molecule has 1 atom stereocenters. The van der Waals surface area contributed by atoms with Crippen LogP contribution < -0.4 is 10.2 Å². The van der Waals surface area contributed by atoms with E-state index in [2.05, 4.69) is 26.3 Å². The van der Waals surface area contributed by atoms with Crippen molar-refractivity contribution in [3.8, 4) is 0 Å². The van der Waals surface area contributed by atoms with Crippen molar-refractivity contribution in [3.05, 3.63) is 23.9 Å². The van der Waals surface area contributed by atoms with Gasteiger partial charge in [0.15, 0.2) is 5.96 Å². The second-order valence-electron chi connectivity index (χ2n) is 5.84. The molecule has 0 saturated carbocycles. The second-order valence-corrected chi connectivity index (χ2v) is 5.84. The number of hydrogen-bond donors (Lipinski definition) is 1. The first-order valence-corrected chi connectivity index (χ1v) is 7.71. The maximum absolute atomic E-state index is 5.26. The van der Waals surface area contributed by atoms with Gasteiger partial charge in [-0.1, -0.05) is 6.07 Å². The van der Waals surface area contributed by atoms with Crippen molar-refractivity contribution >= 4 is 11.8 Å². The van der Waals surface area contributed by atoms with Gasteiger partial charge in [0.05, 0.1) is 6.61 Å². The van der Waals surface area contributed by atoms with Crippen molar-refractivity contribution in [2.45, 2.75) is 13.0 Å². The SMILES string of the molecule is CN=C(NCc1cccnc1N(C)C)N1CCC(COC)C1. The van der Waals surface area contributed by atoms with Crippen LogP contribution in [-0.2, 0) is 11.3 Å². The third-order valence-electron chi connectivity index (χ3n) is 3.93. The van der Waals surface area contributed by atoms with E-state index in [1.807, 2.05) is 38.3 Å². The Bertz CT molecular complexity index is 503. The quantitative estimate of drug-likeness (QED) is 0.654. The molecule has 2 rings (SSSR count). The van der Waals surface area contributed by atoms with E-state index in [1.165, 1.54) is 5.56 Å². The Morgan fingerprint density at radius 3 is 3.05 bits per heavy atom. The molecule has 0 radical (unpaired) electrons. The fourth-order valence-electron chi connectivity index (χ4n) is 2.87. The lowest BCUT2D eigenvalue weighted by molar-refractivity contribution is 0.157. The molecular formula is C16H27N5O. The fourth-order valence-corrected chi connectivity index (χ4v) is 2.87. The molecule has 0 aliphatic carbocycles. The summed E-state index contributed by atoms with van der Waals surface area (Å²) in [5.74, 6) is 2.54. The van der Waals surface area contributed by atoms with Gasteiger partial charge in [-0.2, -0.15) is 0 Å². The number of anilines is 1. The summed E-state index contributed by atoms with van der Waals surface area (Å²) in [6.07, 6.45) is 2.98. The van der Waals surface area contributed by atoms with Gasteiger partial charge in [-0.05, 0) is 12.5 Å². The summed E-state index contributed by atoms with van der Waals surface area (Å²) >= 11 is 0. The number of rotatable bonds is 5. The number of pyridine rings is 1. The molecule has 1 aromatic rings. The largest absolute Gasteiger partial charge is 0.384 e. The van der Waals surface area contributed by atoms with E-state index in [1.54, 1.807) is 7.11 Å². The highest BCUT2D eigenvalue weighted by molar-refractivity contribution is 5.80. The minimum absolute atomic E-state index is 0.597. The van der Waals surface area contributed by atoms with E-state index < -0.39 is 0 Å². The van der Waals surface area contributed by atoms with Gasteiger partial charge >= 0.3 is 0 Å². The molecule has 0 amide bonds. The summed E-state index contributed by atoms with van der Waals surface area (Å²) in [6, 6.07) is 4.07. The average Bonchev–Trinajstić information content (AvgIpc) is 2.97. The van der Waals surface area contributed by atoms with Crippen molar-refractivity contribution in [1.29, 1.82) is 0 Å². The first-order valence-electron chi connectivity index (χ1n) is 7.71. The summed E-state index contributed by atoms with van der Waals surface area (Å²) in [6.45, 7) is 3.57. The van der Waals surface area contributed by atoms with E-state index in [4.69, 9.17) is 4.74 Å². The zero-order chi connectivity index (χ0) is 15.9. The summed E-state index contributed by atoms with van der Waals surface area (Å²) in [4.78, 5) is 13.2. The third-order valence-corrected chi connectivity index (χ3v) is 3.93. The van der Waals surface area contributed by atoms with Gasteiger partial charge in [0.25, 0.3) is 0 Å². The molecule has 1 unspecified atom stereocenters. The highest BCUT2D eigenvalue weighted by Crippen LogP contribution is 2.17. The maximum Gasteiger partial charge on any atom is 0.193 e. The van der Waals surface area contributed by atoms with Gasteiger partial charge in [-0.3, -0.25) is 4.99 Å². The Kier molecular flexibility index (Phi) is 6.00. The molecule has 1 N–H and O–H groups in total.